The maximum Gasteiger partial charge on any atom is 0.168 e. The number of hydrogen-bond donors (Lipinski definition) is 1. The highest BCUT2D eigenvalue weighted by atomic mass is 32.2. The van der Waals surface area contributed by atoms with Gasteiger partial charge < -0.3 is 10.5 Å². The Balaban J connectivity index is 2.62. The van der Waals surface area contributed by atoms with Gasteiger partial charge in [0.15, 0.2) is 10.4 Å². The quantitative estimate of drug-likeness (QED) is 0.708. The summed E-state index contributed by atoms with van der Waals surface area (Å²) in [5.41, 5.74) is 6.32. The third-order valence-electron chi connectivity index (χ3n) is 1.91. The van der Waals surface area contributed by atoms with Gasteiger partial charge in [-0.25, -0.2) is 9.79 Å². The Hall–Kier alpha value is -1.58. The summed E-state index contributed by atoms with van der Waals surface area (Å²) >= 11 is 0. The number of fused-ring (bicyclic) bond motifs is 1. The van der Waals surface area contributed by atoms with Gasteiger partial charge in [-0.05, 0) is 28.7 Å². The molecule has 1 aliphatic rings. The fourth-order valence-electron chi connectivity index (χ4n) is 1.24. The van der Waals surface area contributed by atoms with E-state index in [4.69, 9.17) is 10.5 Å². The van der Waals surface area contributed by atoms with E-state index in [-0.39, 0.29) is 0 Å². The van der Waals surface area contributed by atoms with E-state index in [2.05, 4.69) is 4.99 Å². The fourth-order valence-corrected chi connectivity index (χ4v) is 2.39. The topological polar surface area (TPSA) is 64.7 Å². The van der Waals surface area contributed by atoms with Gasteiger partial charge in [0, 0.05) is 4.90 Å². The highest BCUT2D eigenvalue weighted by Crippen LogP contribution is 2.42. The Morgan fingerprint density at radius 2 is 2.36 bits per heavy atom. The highest BCUT2D eigenvalue weighted by Gasteiger charge is 2.18. The van der Waals surface area contributed by atoms with Crippen molar-refractivity contribution in [3.8, 4) is 5.75 Å². The molecule has 0 amide bonds. The van der Waals surface area contributed by atoms with Crippen LogP contribution in [-0.2, 0) is 4.79 Å². The lowest BCUT2D eigenvalue weighted by molar-refractivity contribution is 0.414. The molecule has 2 rings (SSSR count). The van der Waals surface area contributed by atoms with Gasteiger partial charge in [0.2, 0.25) is 0 Å². The molecule has 1 aliphatic heterocycles. The van der Waals surface area contributed by atoms with Crippen molar-refractivity contribution >= 4 is 26.6 Å². The van der Waals surface area contributed by atoms with Crippen LogP contribution in [0.1, 0.15) is 0 Å². The number of carbonyl (C=O) groups excluding carboxylic acids is 1. The lowest BCUT2D eigenvalue weighted by Gasteiger charge is -2.01. The number of amidine groups is 1. The molecule has 0 aliphatic carbocycles. The summed E-state index contributed by atoms with van der Waals surface area (Å²) in [5, 5.41) is 2.21. The SMILES string of the molecule is COc1ccc2c(c1)S(=C=O)C(N)=N2. The van der Waals surface area contributed by atoms with Crippen LogP contribution < -0.4 is 10.5 Å². The molecule has 1 aromatic carbocycles. The maximum absolute atomic E-state index is 10.7. The van der Waals surface area contributed by atoms with Gasteiger partial charge in [0.1, 0.15) is 5.75 Å². The summed E-state index contributed by atoms with van der Waals surface area (Å²) in [7, 11) is 0.749. The van der Waals surface area contributed by atoms with Gasteiger partial charge in [-0.3, -0.25) is 0 Å². The first-order valence-corrected chi connectivity index (χ1v) is 5.13. The minimum Gasteiger partial charge on any atom is -0.497 e. The molecule has 0 spiro atoms. The van der Waals surface area contributed by atoms with E-state index in [0.717, 1.165) is 10.6 Å². The summed E-state index contributed by atoms with van der Waals surface area (Å²) in [5.74, 6) is 0.696. The van der Waals surface area contributed by atoms with Gasteiger partial charge in [-0.15, -0.1) is 0 Å². The zero-order valence-electron chi connectivity index (χ0n) is 7.48. The summed E-state index contributed by atoms with van der Waals surface area (Å²) in [4.78, 5) is 15.5. The number of nitrogens with zero attached hydrogens (tertiary/aromatic N) is 1. The fraction of sp³-hybridized carbons (Fsp3) is 0.111. The predicted molar refractivity (Wildman–Crippen MR) is 55.8 cm³/mol. The summed E-state index contributed by atoms with van der Waals surface area (Å²) in [6.07, 6.45) is 0. The predicted octanol–water partition coefficient (Wildman–Crippen LogP) is 1.35. The van der Waals surface area contributed by atoms with Crippen molar-refractivity contribution in [2.75, 3.05) is 7.11 Å². The number of benzene rings is 1. The molecule has 72 valence electrons. The Kier molecular flexibility index (Phi) is 2.11. The molecular weight excluding hydrogens is 200 g/mol. The van der Waals surface area contributed by atoms with Crippen molar-refractivity contribution in [1.82, 2.24) is 0 Å². The molecule has 1 heterocycles. The average Bonchev–Trinajstić information content (AvgIpc) is 2.52. The third-order valence-corrected chi connectivity index (χ3v) is 3.35. The Labute approximate surface area is 83.3 Å². The molecule has 1 aromatic rings. The van der Waals surface area contributed by atoms with E-state index in [1.807, 2.05) is 5.23 Å². The number of aliphatic imine (C=N–C) groups is 1. The average molecular weight is 208 g/mol. The zero-order chi connectivity index (χ0) is 10.1. The molecule has 0 saturated carbocycles. The number of hydrogen-bond acceptors (Lipinski definition) is 4. The summed E-state index contributed by atoms with van der Waals surface area (Å²) < 4.78 is 5.05. The molecular formula is C9H8N2O2S. The van der Waals surface area contributed by atoms with Crippen LogP contribution in [0.5, 0.6) is 5.75 Å². The minimum absolute atomic E-state index is 0.322. The Morgan fingerprint density at radius 1 is 1.57 bits per heavy atom. The Bertz CT molecular complexity index is 476. The van der Waals surface area contributed by atoms with E-state index in [1.165, 1.54) is 0 Å². The molecule has 1 unspecified atom stereocenters. The summed E-state index contributed by atoms with van der Waals surface area (Å²) in [6.45, 7) is 0. The van der Waals surface area contributed by atoms with Gasteiger partial charge in [-0.1, -0.05) is 0 Å². The van der Waals surface area contributed by atoms with Crippen molar-refractivity contribution < 1.29 is 9.53 Å². The number of ether oxygens (including phenoxy) is 1. The number of methoxy groups -OCH3 is 1. The lowest BCUT2D eigenvalue weighted by atomic mass is 10.3. The highest BCUT2D eigenvalue weighted by molar-refractivity contribution is 8.27. The van der Waals surface area contributed by atoms with Crippen molar-refractivity contribution in [3.63, 3.8) is 0 Å². The Morgan fingerprint density at radius 3 is 3.00 bits per heavy atom. The molecule has 5 heteroatoms. The smallest absolute Gasteiger partial charge is 0.168 e. The van der Waals surface area contributed by atoms with Crippen LogP contribution in [0.15, 0.2) is 28.1 Å². The van der Waals surface area contributed by atoms with E-state index in [1.54, 1.807) is 25.3 Å². The van der Waals surface area contributed by atoms with Gasteiger partial charge in [0.25, 0.3) is 0 Å². The van der Waals surface area contributed by atoms with Gasteiger partial charge in [0.05, 0.1) is 12.8 Å². The van der Waals surface area contributed by atoms with Crippen molar-refractivity contribution in [2.45, 2.75) is 4.90 Å². The van der Waals surface area contributed by atoms with E-state index in [9.17, 15) is 4.79 Å². The molecule has 2 N–H and O–H groups in total. The van der Waals surface area contributed by atoms with Crippen LogP contribution in [0, 0.1) is 0 Å². The van der Waals surface area contributed by atoms with Gasteiger partial charge >= 0.3 is 0 Å². The normalized spacial score (nSPS) is 18.4. The maximum atomic E-state index is 10.7. The first-order chi connectivity index (χ1) is 6.76. The van der Waals surface area contributed by atoms with E-state index in [0.29, 0.717) is 10.9 Å². The van der Waals surface area contributed by atoms with E-state index >= 15 is 0 Å². The number of rotatable bonds is 1. The second-order valence-corrected chi connectivity index (χ2v) is 4.31. The van der Waals surface area contributed by atoms with Gasteiger partial charge in [-0.2, -0.15) is 0 Å². The van der Waals surface area contributed by atoms with Crippen molar-refractivity contribution in [1.29, 1.82) is 0 Å². The molecule has 0 saturated heterocycles. The van der Waals surface area contributed by atoms with Crippen LogP contribution >= 0.6 is 10.5 Å². The molecule has 0 aromatic heterocycles. The zero-order valence-corrected chi connectivity index (χ0v) is 8.30. The molecule has 14 heavy (non-hydrogen) atoms. The largest absolute Gasteiger partial charge is 0.497 e. The standard InChI is InChI=1S/C9H8N2O2S/c1-13-6-2-3-7-8(4-6)14(5-12)9(10)11-7/h2-4H,1H3,(H2,10,11). The third kappa shape index (κ3) is 1.23. The second kappa shape index (κ2) is 3.29. The van der Waals surface area contributed by atoms with Crippen LogP contribution in [0.3, 0.4) is 0 Å². The first-order valence-electron chi connectivity index (χ1n) is 3.90. The van der Waals surface area contributed by atoms with Crippen molar-refractivity contribution in [2.24, 2.45) is 10.7 Å². The molecule has 4 nitrogen and oxygen atoms in total. The van der Waals surface area contributed by atoms with Crippen LogP contribution in [-0.4, -0.2) is 17.5 Å². The summed E-state index contributed by atoms with van der Waals surface area (Å²) in [6, 6.07) is 5.34. The minimum atomic E-state index is -0.824. The molecule has 0 bridgehead atoms. The number of nitrogens with two attached hydrogens (primary N) is 1. The van der Waals surface area contributed by atoms with Crippen LogP contribution in [0.4, 0.5) is 5.69 Å². The lowest BCUT2D eigenvalue weighted by Crippen LogP contribution is -2.04. The van der Waals surface area contributed by atoms with Crippen LogP contribution in [0.25, 0.3) is 0 Å². The molecule has 0 radical (unpaired) electrons. The molecule has 1 atom stereocenters. The van der Waals surface area contributed by atoms with Crippen LogP contribution in [0.2, 0.25) is 0 Å². The monoisotopic (exact) mass is 208 g/mol. The van der Waals surface area contributed by atoms with Crippen molar-refractivity contribution in [3.05, 3.63) is 18.2 Å². The first kappa shape index (κ1) is 8.99. The van der Waals surface area contributed by atoms with E-state index < -0.39 is 10.5 Å². The second-order valence-electron chi connectivity index (χ2n) is 2.67. The molecule has 0 fully saturated rings.